The maximum atomic E-state index is 12.1. The second kappa shape index (κ2) is 7.37. The van der Waals surface area contributed by atoms with Gasteiger partial charge in [0.05, 0.1) is 5.60 Å². The van der Waals surface area contributed by atoms with E-state index in [-0.39, 0.29) is 48.5 Å². The zero-order valence-electron chi connectivity index (χ0n) is 17.7. The number of carbonyl (C=O) groups is 1. The minimum absolute atomic E-state index is 0. The summed E-state index contributed by atoms with van der Waals surface area (Å²) in [6.07, 6.45) is 10.7. The van der Waals surface area contributed by atoms with E-state index in [4.69, 9.17) is 0 Å². The molecule has 0 amide bonds. The minimum Gasteiger partial charge on any atom is -0.508 e. The molecule has 31 heavy (non-hydrogen) atoms. The molecule has 3 nitrogen and oxygen atoms in total. The maximum Gasteiger partial charge on any atom is 0.156 e. The molecule has 0 aromatic heterocycles. The maximum absolute atomic E-state index is 12.1. The molecule has 4 heteroatoms. The van der Waals surface area contributed by atoms with Gasteiger partial charge >= 0.3 is 0 Å². The molecular weight excluding hydrogens is 423 g/mol. The average Bonchev–Trinajstić information content (AvgIpc) is 3.08. The van der Waals surface area contributed by atoms with Gasteiger partial charge in [-0.25, -0.2) is 0 Å². The van der Waals surface area contributed by atoms with E-state index in [1.165, 1.54) is 16.7 Å². The van der Waals surface area contributed by atoms with Gasteiger partial charge in [0.25, 0.3) is 0 Å². The van der Waals surface area contributed by atoms with Gasteiger partial charge in [-0.15, -0.1) is 0 Å². The van der Waals surface area contributed by atoms with Crippen LogP contribution in [0.15, 0.2) is 47.1 Å². The zero-order chi connectivity index (χ0) is 20.0. The first-order chi connectivity index (χ1) is 13.9. The number of carbonyl (C=O) groups excluding carboxylic acids is 1. The SMILES string of the molecule is C.C[C@]12C[C@H](c3ccc(O)cc3)C3=C4CCC(=O)C=C4CCC3C13CCC2(O)CC3.[V]. The minimum atomic E-state index is -0.531. The Kier molecular flexibility index (Phi) is 5.44. The van der Waals surface area contributed by atoms with E-state index in [1.807, 2.05) is 6.08 Å². The van der Waals surface area contributed by atoms with E-state index in [1.54, 1.807) is 17.7 Å². The van der Waals surface area contributed by atoms with Crippen molar-refractivity contribution in [2.45, 2.75) is 83.7 Å². The number of hydrogen-bond acceptors (Lipinski definition) is 3. The molecule has 5 aliphatic carbocycles. The molecule has 165 valence electrons. The second-order valence-electron chi connectivity index (χ2n) is 10.5. The van der Waals surface area contributed by atoms with E-state index in [0.29, 0.717) is 18.1 Å². The first-order valence-corrected chi connectivity index (χ1v) is 11.3. The summed E-state index contributed by atoms with van der Waals surface area (Å²) in [5, 5.41) is 21.5. The van der Waals surface area contributed by atoms with Crippen molar-refractivity contribution < 1.29 is 33.6 Å². The van der Waals surface area contributed by atoms with Crippen molar-refractivity contribution in [1.82, 2.24) is 0 Å². The number of allylic oxidation sites excluding steroid dienone is 4. The quantitative estimate of drug-likeness (QED) is 0.559. The van der Waals surface area contributed by atoms with Crippen molar-refractivity contribution in [2.75, 3.05) is 0 Å². The summed E-state index contributed by atoms with van der Waals surface area (Å²) in [6.45, 7) is 2.37. The molecule has 3 fully saturated rings. The van der Waals surface area contributed by atoms with Crippen LogP contribution in [-0.2, 0) is 23.4 Å². The second-order valence-corrected chi connectivity index (χ2v) is 10.5. The van der Waals surface area contributed by atoms with Crippen molar-refractivity contribution in [2.24, 2.45) is 16.7 Å². The summed E-state index contributed by atoms with van der Waals surface area (Å²) < 4.78 is 0. The molecule has 2 N–H and O–H groups in total. The summed E-state index contributed by atoms with van der Waals surface area (Å²) in [7, 11) is 0. The molecule has 0 aliphatic heterocycles. The monoisotopic (exact) mass is 457 g/mol. The van der Waals surface area contributed by atoms with Crippen molar-refractivity contribution in [3.63, 3.8) is 0 Å². The van der Waals surface area contributed by atoms with Crippen molar-refractivity contribution >= 4 is 5.78 Å². The molecule has 1 unspecified atom stereocenters. The molecule has 5 aliphatic rings. The Morgan fingerprint density at radius 3 is 2.35 bits per heavy atom. The van der Waals surface area contributed by atoms with Crippen molar-refractivity contribution in [3.8, 4) is 5.75 Å². The number of aliphatic hydroxyl groups is 1. The summed E-state index contributed by atoms with van der Waals surface area (Å²) in [5.74, 6) is 1.36. The molecule has 3 atom stereocenters. The fourth-order valence-corrected chi connectivity index (χ4v) is 8.33. The van der Waals surface area contributed by atoms with Gasteiger partial charge in [-0.2, -0.15) is 0 Å². The van der Waals surface area contributed by atoms with E-state index in [2.05, 4.69) is 19.1 Å². The van der Waals surface area contributed by atoms with Gasteiger partial charge in [0.1, 0.15) is 5.75 Å². The topological polar surface area (TPSA) is 57.5 Å². The van der Waals surface area contributed by atoms with Gasteiger partial charge in [0, 0.05) is 36.3 Å². The van der Waals surface area contributed by atoms with Gasteiger partial charge in [0.2, 0.25) is 0 Å². The Balaban J connectivity index is 0.00000116. The number of phenolic OH excluding ortho intramolecular Hbond substituents is 1. The Bertz CT molecular complexity index is 965. The number of rotatable bonds is 1. The predicted molar refractivity (Wildman–Crippen MR) is 118 cm³/mol. The van der Waals surface area contributed by atoms with Crippen LogP contribution in [0.4, 0.5) is 0 Å². The largest absolute Gasteiger partial charge is 0.508 e. The van der Waals surface area contributed by atoms with Gasteiger partial charge in [-0.3, -0.25) is 4.79 Å². The van der Waals surface area contributed by atoms with E-state index in [9.17, 15) is 15.0 Å². The smallest absolute Gasteiger partial charge is 0.156 e. The number of phenols is 1. The number of ketones is 1. The Morgan fingerprint density at radius 2 is 1.68 bits per heavy atom. The van der Waals surface area contributed by atoms with Crippen LogP contribution < -0.4 is 0 Å². The third-order valence-corrected chi connectivity index (χ3v) is 9.82. The first kappa shape index (κ1) is 22.9. The fourth-order valence-electron chi connectivity index (χ4n) is 8.33. The molecular formula is C27H34O3V. The standard InChI is InChI=1S/C26H30O3.CH4.V/c1-24-15-21(16-2-5-18(27)6-3-16)23-20-8-7-19(28)14-17(20)4-9-22(23)25(24)10-12-26(24,29)13-11-25;;/h2-3,5-6,14,21-22,27,29H,4,7-13,15H2,1H3;1H4;/t21-,22?,24+,25?,26?;;/m1../s1. The Hall–Kier alpha value is -1.29. The van der Waals surface area contributed by atoms with Crippen LogP contribution in [0.3, 0.4) is 0 Å². The van der Waals surface area contributed by atoms with Crippen molar-refractivity contribution in [3.05, 3.63) is 52.6 Å². The number of aromatic hydroxyl groups is 1. The molecule has 0 heterocycles. The van der Waals surface area contributed by atoms with Crippen LogP contribution >= 0.6 is 0 Å². The molecule has 2 bridgehead atoms. The molecule has 6 rings (SSSR count). The van der Waals surface area contributed by atoms with Crippen LogP contribution in [0.25, 0.3) is 0 Å². The Labute approximate surface area is 197 Å². The van der Waals surface area contributed by atoms with Crippen LogP contribution in [0.5, 0.6) is 5.75 Å². The van der Waals surface area contributed by atoms with Crippen LogP contribution in [0.2, 0.25) is 0 Å². The molecule has 3 saturated carbocycles. The number of hydrogen-bond donors (Lipinski definition) is 2. The average molecular weight is 458 g/mol. The summed E-state index contributed by atoms with van der Waals surface area (Å²) in [6, 6.07) is 7.73. The normalized spacial score (nSPS) is 40.2. The van der Waals surface area contributed by atoms with Crippen LogP contribution in [0, 0.1) is 16.7 Å². The molecule has 0 saturated heterocycles. The van der Waals surface area contributed by atoms with Gasteiger partial charge in [-0.05, 0) is 97.6 Å². The van der Waals surface area contributed by atoms with E-state index in [0.717, 1.165) is 51.4 Å². The molecule has 1 radical (unpaired) electrons. The summed E-state index contributed by atoms with van der Waals surface area (Å²) >= 11 is 0. The van der Waals surface area contributed by atoms with E-state index >= 15 is 0 Å². The predicted octanol–water partition coefficient (Wildman–Crippen LogP) is 5.82. The van der Waals surface area contributed by atoms with Crippen LogP contribution in [-0.4, -0.2) is 21.6 Å². The van der Waals surface area contributed by atoms with Gasteiger partial charge in [-0.1, -0.05) is 32.1 Å². The Morgan fingerprint density at radius 1 is 1.00 bits per heavy atom. The third kappa shape index (κ3) is 2.79. The zero-order valence-corrected chi connectivity index (χ0v) is 19.1. The molecule has 1 aromatic rings. The number of fused-ring (bicyclic) bond motifs is 2. The van der Waals surface area contributed by atoms with Gasteiger partial charge < -0.3 is 10.2 Å². The summed E-state index contributed by atoms with van der Waals surface area (Å²) in [5.41, 5.74) is 5.19. The first-order valence-electron chi connectivity index (χ1n) is 11.3. The molecule has 0 spiro atoms. The number of benzene rings is 1. The third-order valence-electron chi connectivity index (χ3n) is 9.82. The van der Waals surface area contributed by atoms with Crippen LogP contribution in [0.1, 0.15) is 83.6 Å². The molecule has 1 aromatic carbocycles. The van der Waals surface area contributed by atoms with E-state index < -0.39 is 5.60 Å². The van der Waals surface area contributed by atoms with Gasteiger partial charge in [0.15, 0.2) is 5.78 Å². The summed E-state index contributed by atoms with van der Waals surface area (Å²) in [4.78, 5) is 12.1. The fraction of sp³-hybridized carbons (Fsp3) is 0.593. The van der Waals surface area contributed by atoms with Crippen molar-refractivity contribution in [1.29, 1.82) is 0 Å².